The van der Waals surface area contributed by atoms with E-state index in [1.54, 1.807) is 0 Å². The molecule has 34 heavy (non-hydrogen) atoms. The summed E-state index contributed by atoms with van der Waals surface area (Å²) in [6, 6.07) is -2.05. The molecule has 4 N–H and O–H groups in total. The summed E-state index contributed by atoms with van der Waals surface area (Å²) in [5.74, 6) is -8.65. The normalized spacial score (nSPS) is 13.8. The van der Waals surface area contributed by atoms with Gasteiger partial charge in [0.15, 0.2) is 0 Å². The lowest BCUT2D eigenvalue weighted by molar-refractivity contribution is -0.175. The molecule has 0 aliphatic carbocycles. The first-order valence-electron chi connectivity index (χ1n) is 9.05. The summed E-state index contributed by atoms with van der Waals surface area (Å²) < 4.78 is 135. The van der Waals surface area contributed by atoms with E-state index in [0.717, 1.165) is 0 Å². The van der Waals surface area contributed by atoms with Crippen LogP contribution in [0.4, 0.5) is 26.3 Å². The van der Waals surface area contributed by atoms with Crippen LogP contribution in [0.1, 0.15) is 19.3 Å². The summed E-state index contributed by atoms with van der Waals surface area (Å²) in [5, 5.41) is 2.78. The second-order valence-corrected chi connectivity index (χ2v) is 9.81. The molecule has 0 saturated carbocycles. The molecular weight excluding hydrogens is 532 g/mol. The molecule has 1 atom stereocenters. The Labute approximate surface area is 189 Å². The van der Waals surface area contributed by atoms with Gasteiger partial charge in [-0.25, -0.2) is 0 Å². The monoisotopic (exact) mass is 553 g/mol. The van der Waals surface area contributed by atoms with Crippen molar-refractivity contribution in [1.29, 1.82) is 0 Å². The zero-order valence-electron chi connectivity index (χ0n) is 17.0. The minimum atomic E-state index is -5.47. The molecular formula is C14H21F6N3O9S2. The lowest BCUT2D eigenvalue weighted by Crippen LogP contribution is -2.53. The summed E-state index contributed by atoms with van der Waals surface area (Å²) in [4.78, 5) is 34.9. The summed E-state index contributed by atoms with van der Waals surface area (Å²) >= 11 is 0. The summed E-state index contributed by atoms with van der Waals surface area (Å²) in [7, 11) is -9.46. The van der Waals surface area contributed by atoms with Crippen molar-refractivity contribution in [3.05, 3.63) is 0 Å². The Morgan fingerprint density at radius 3 is 1.62 bits per heavy atom. The second-order valence-electron chi connectivity index (χ2n) is 6.67. The van der Waals surface area contributed by atoms with E-state index in [4.69, 9.17) is 9.11 Å². The van der Waals surface area contributed by atoms with E-state index in [1.165, 1.54) is 10.6 Å². The summed E-state index contributed by atoms with van der Waals surface area (Å²) in [6.07, 6.45) is -11.9. The Kier molecular flexibility index (Phi) is 11.7. The number of amides is 3. The molecule has 200 valence electrons. The van der Waals surface area contributed by atoms with Gasteiger partial charge in [-0.05, 0) is 19.3 Å². The molecule has 0 heterocycles. The predicted molar refractivity (Wildman–Crippen MR) is 100 cm³/mol. The van der Waals surface area contributed by atoms with Crippen LogP contribution in [-0.4, -0.2) is 98.1 Å². The van der Waals surface area contributed by atoms with Crippen molar-refractivity contribution in [2.45, 2.75) is 37.7 Å². The van der Waals surface area contributed by atoms with Gasteiger partial charge in [0.25, 0.3) is 20.2 Å². The van der Waals surface area contributed by atoms with Crippen molar-refractivity contribution in [2.75, 3.05) is 31.1 Å². The molecule has 0 aliphatic rings. The van der Waals surface area contributed by atoms with E-state index < -0.39 is 93.9 Å². The number of halogens is 6. The van der Waals surface area contributed by atoms with Gasteiger partial charge in [0.2, 0.25) is 5.91 Å². The van der Waals surface area contributed by atoms with Gasteiger partial charge in [-0.15, -0.1) is 0 Å². The zero-order valence-corrected chi connectivity index (χ0v) is 18.7. The van der Waals surface area contributed by atoms with Crippen LogP contribution in [-0.2, 0) is 34.6 Å². The van der Waals surface area contributed by atoms with Crippen molar-refractivity contribution in [3.8, 4) is 0 Å². The number of hydrogen-bond acceptors (Lipinski definition) is 7. The molecule has 0 saturated heterocycles. The maximum absolute atomic E-state index is 12.6. The number of alkyl halides is 6. The number of unbranched alkanes of at least 4 members (excludes halogenated alkanes) is 1. The molecule has 0 bridgehead atoms. The van der Waals surface area contributed by atoms with Gasteiger partial charge in [0, 0.05) is 19.6 Å². The number of nitrogens with zero attached hydrogens (tertiary/aromatic N) is 1. The van der Waals surface area contributed by atoms with Crippen LogP contribution >= 0.6 is 0 Å². The van der Waals surface area contributed by atoms with E-state index in [9.17, 15) is 57.6 Å². The van der Waals surface area contributed by atoms with Crippen molar-refractivity contribution in [1.82, 2.24) is 15.5 Å². The lowest BCUT2D eigenvalue weighted by atomic mass is 10.1. The Morgan fingerprint density at radius 1 is 0.794 bits per heavy atom. The third-order valence-corrected chi connectivity index (χ3v) is 5.27. The number of rotatable bonds is 13. The van der Waals surface area contributed by atoms with Crippen LogP contribution in [0.2, 0.25) is 0 Å². The van der Waals surface area contributed by atoms with Gasteiger partial charge in [-0.3, -0.25) is 23.5 Å². The average molecular weight is 553 g/mol. The molecule has 0 aromatic rings. The number of carbonyl (C=O) groups excluding carboxylic acids is 3. The van der Waals surface area contributed by atoms with Gasteiger partial charge in [0.1, 0.15) is 6.04 Å². The average Bonchev–Trinajstić information content (AvgIpc) is 2.62. The van der Waals surface area contributed by atoms with Crippen molar-refractivity contribution < 1.29 is 66.7 Å². The fourth-order valence-electron chi connectivity index (χ4n) is 2.28. The molecule has 0 aromatic carbocycles. The molecule has 0 rings (SSSR count). The highest BCUT2D eigenvalue weighted by molar-refractivity contribution is 7.86. The Morgan fingerprint density at radius 2 is 1.24 bits per heavy atom. The molecule has 1 unspecified atom stereocenters. The standard InChI is InChI=1S/C14H21F6N3O9S2/c15-13(16,17)11(25)21-4-2-1-3-9(22-12(26)14(18,19)20)10(24)23(5-7-33(27,28)29)6-8-34(30,31)32/h9H,1-8H2,(H,21,25)(H,22,26)(H,27,28,29)(H,30,31,32). The fourth-order valence-corrected chi connectivity index (χ4v) is 3.18. The van der Waals surface area contributed by atoms with Crippen molar-refractivity contribution >= 4 is 38.0 Å². The largest absolute Gasteiger partial charge is 0.471 e. The van der Waals surface area contributed by atoms with Crippen LogP contribution in [0.15, 0.2) is 0 Å². The van der Waals surface area contributed by atoms with E-state index in [2.05, 4.69) is 0 Å². The Hall–Kier alpha value is -2.19. The Balaban J connectivity index is 5.46. The second kappa shape index (κ2) is 12.5. The molecule has 0 aromatic heterocycles. The summed E-state index contributed by atoms with van der Waals surface area (Å²) in [6.45, 7) is -2.47. The molecule has 0 spiro atoms. The molecule has 0 radical (unpaired) electrons. The predicted octanol–water partition coefficient (Wildman–Crippen LogP) is -0.513. The van der Waals surface area contributed by atoms with E-state index in [1.807, 2.05) is 0 Å². The van der Waals surface area contributed by atoms with Crippen LogP contribution in [0.5, 0.6) is 0 Å². The van der Waals surface area contributed by atoms with Crippen LogP contribution < -0.4 is 10.6 Å². The molecule has 3 amide bonds. The third kappa shape index (κ3) is 14.2. The number of carbonyl (C=O) groups is 3. The van der Waals surface area contributed by atoms with Crippen molar-refractivity contribution in [2.24, 2.45) is 0 Å². The highest BCUT2D eigenvalue weighted by atomic mass is 32.2. The minimum absolute atomic E-state index is 0.288. The molecule has 20 heteroatoms. The fraction of sp³-hybridized carbons (Fsp3) is 0.786. The minimum Gasteiger partial charge on any atom is -0.348 e. The maximum atomic E-state index is 12.6. The highest BCUT2D eigenvalue weighted by Crippen LogP contribution is 2.17. The quantitative estimate of drug-likeness (QED) is 0.132. The van der Waals surface area contributed by atoms with Crippen LogP contribution in [0.3, 0.4) is 0 Å². The first kappa shape index (κ1) is 31.8. The Bertz CT molecular complexity index is 900. The topological polar surface area (TPSA) is 187 Å². The lowest BCUT2D eigenvalue weighted by Gasteiger charge is -2.27. The zero-order chi connectivity index (χ0) is 27.0. The molecule has 12 nitrogen and oxygen atoms in total. The molecule has 0 aliphatic heterocycles. The SMILES string of the molecule is O=C(C(CCCCNC(=O)C(F)(F)F)NC(=O)C(F)(F)F)N(CCS(=O)(=O)O)CCS(=O)(=O)O. The van der Waals surface area contributed by atoms with Crippen LogP contribution in [0.25, 0.3) is 0 Å². The van der Waals surface area contributed by atoms with E-state index in [0.29, 0.717) is 4.90 Å². The van der Waals surface area contributed by atoms with Gasteiger partial charge in [-0.1, -0.05) is 0 Å². The van der Waals surface area contributed by atoms with Crippen molar-refractivity contribution in [3.63, 3.8) is 0 Å². The molecule has 0 fully saturated rings. The number of nitrogens with one attached hydrogen (secondary N) is 2. The highest BCUT2D eigenvalue weighted by Gasteiger charge is 2.41. The smallest absolute Gasteiger partial charge is 0.348 e. The van der Waals surface area contributed by atoms with Crippen LogP contribution in [0, 0.1) is 0 Å². The van der Waals surface area contributed by atoms with E-state index >= 15 is 0 Å². The van der Waals surface area contributed by atoms with Gasteiger partial charge in [0.05, 0.1) is 11.5 Å². The van der Waals surface area contributed by atoms with Gasteiger partial charge >= 0.3 is 24.2 Å². The van der Waals surface area contributed by atoms with Gasteiger partial charge < -0.3 is 15.5 Å². The first-order chi connectivity index (χ1) is 15.1. The maximum Gasteiger partial charge on any atom is 0.471 e. The third-order valence-electron chi connectivity index (χ3n) is 3.87. The van der Waals surface area contributed by atoms with E-state index in [-0.39, 0.29) is 12.8 Å². The van der Waals surface area contributed by atoms with Gasteiger partial charge in [-0.2, -0.15) is 43.2 Å². The number of hydrogen-bond donors (Lipinski definition) is 4. The first-order valence-corrected chi connectivity index (χ1v) is 12.3. The summed E-state index contributed by atoms with van der Waals surface area (Å²) in [5.41, 5.74) is 0.